The Morgan fingerprint density at radius 3 is 2.67 bits per heavy atom. The second kappa shape index (κ2) is 8.55. The van der Waals surface area contributed by atoms with E-state index in [1.54, 1.807) is 24.3 Å². The molecule has 0 aliphatic carbocycles. The molecule has 1 heterocycles. The van der Waals surface area contributed by atoms with Gasteiger partial charge in [0.25, 0.3) is 5.91 Å². The van der Waals surface area contributed by atoms with Crippen molar-refractivity contribution in [2.45, 2.75) is 13.8 Å². The van der Waals surface area contributed by atoms with E-state index in [1.165, 1.54) is 16.7 Å². The van der Waals surface area contributed by atoms with Crippen molar-refractivity contribution < 1.29 is 14.3 Å². The molecule has 128 valence electrons. The van der Waals surface area contributed by atoms with Crippen LogP contribution in [0.2, 0.25) is 5.02 Å². The molecular formula is C17H18ClNO3S2. The molecule has 1 fully saturated rings. The summed E-state index contributed by atoms with van der Waals surface area (Å²) in [7, 11) is 0. The Morgan fingerprint density at radius 2 is 2.04 bits per heavy atom. The minimum absolute atomic E-state index is 0.132. The molecule has 0 spiro atoms. The molecule has 0 aromatic heterocycles. The van der Waals surface area contributed by atoms with E-state index < -0.39 is 0 Å². The van der Waals surface area contributed by atoms with Crippen molar-refractivity contribution >= 4 is 51.9 Å². The van der Waals surface area contributed by atoms with Crippen LogP contribution in [0, 0.1) is 0 Å². The average molecular weight is 384 g/mol. The number of ether oxygens (including phenoxy) is 2. The molecule has 1 aliphatic rings. The molecule has 1 aliphatic heterocycles. The summed E-state index contributed by atoms with van der Waals surface area (Å²) in [5.74, 6) is 0.935. The first-order chi connectivity index (χ1) is 11.5. The zero-order chi connectivity index (χ0) is 17.7. The second-order valence-electron chi connectivity index (χ2n) is 4.78. The summed E-state index contributed by atoms with van der Waals surface area (Å²) in [4.78, 5) is 14.4. The van der Waals surface area contributed by atoms with Crippen LogP contribution < -0.4 is 9.47 Å². The maximum absolute atomic E-state index is 12.4. The number of hydrogen-bond donors (Lipinski definition) is 0. The first kappa shape index (κ1) is 18.8. The van der Waals surface area contributed by atoms with Crippen LogP contribution in [0.4, 0.5) is 0 Å². The van der Waals surface area contributed by atoms with E-state index in [1.807, 2.05) is 13.8 Å². The molecule has 0 unspecified atom stereocenters. The van der Waals surface area contributed by atoms with Crippen molar-refractivity contribution in [1.29, 1.82) is 0 Å². The molecule has 1 aromatic carbocycles. The fourth-order valence-corrected chi connectivity index (χ4v) is 3.71. The van der Waals surface area contributed by atoms with Gasteiger partial charge in [0.05, 0.1) is 23.1 Å². The van der Waals surface area contributed by atoms with Crippen molar-refractivity contribution in [2.24, 2.45) is 0 Å². The summed E-state index contributed by atoms with van der Waals surface area (Å²) in [5, 5.41) is 0.440. The van der Waals surface area contributed by atoms with E-state index in [-0.39, 0.29) is 5.91 Å². The number of nitrogens with zero attached hydrogens (tertiary/aromatic N) is 1. The fraction of sp³-hybridized carbons (Fsp3) is 0.294. The van der Waals surface area contributed by atoms with E-state index in [0.717, 1.165) is 5.56 Å². The molecule has 0 bridgehead atoms. The zero-order valence-corrected chi connectivity index (χ0v) is 15.9. The first-order valence-electron chi connectivity index (χ1n) is 7.47. The lowest BCUT2D eigenvalue weighted by molar-refractivity contribution is -0.121. The van der Waals surface area contributed by atoms with Crippen LogP contribution >= 0.6 is 35.6 Å². The summed E-state index contributed by atoms with van der Waals surface area (Å²) in [5.41, 5.74) is 0.756. The first-order valence-corrected chi connectivity index (χ1v) is 9.07. The number of amides is 1. The van der Waals surface area contributed by atoms with Crippen molar-refractivity contribution in [2.75, 3.05) is 19.8 Å². The van der Waals surface area contributed by atoms with Crippen LogP contribution in [-0.4, -0.2) is 34.9 Å². The maximum atomic E-state index is 12.4. The lowest BCUT2D eigenvalue weighted by atomic mass is 10.1. The molecule has 0 N–H and O–H groups in total. The zero-order valence-electron chi connectivity index (χ0n) is 13.5. The van der Waals surface area contributed by atoms with E-state index in [9.17, 15) is 4.79 Å². The van der Waals surface area contributed by atoms with Crippen molar-refractivity contribution in [3.8, 4) is 11.5 Å². The number of thiocarbonyl (C=S) groups is 1. The summed E-state index contributed by atoms with van der Waals surface area (Å²) >= 11 is 12.8. The molecule has 2 rings (SSSR count). The quantitative estimate of drug-likeness (QED) is 0.393. The van der Waals surface area contributed by atoms with Crippen molar-refractivity contribution in [3.63, 3.8) is 0 Å². The molecular weight excluding hydrogens is 366 g/mol. The Kier molecular flexibility index (Phi) is 6.71. The van der Waals surface area contributed by atoms with Gasteiger partial charge in [-0.2, -0.15) is 0 Å². The van der Waals surface area contributed by atoms with Gasteiger partial charge >= 0.3 is 0 Å². The predicted octanol–water partition coefficient (Wildman–Crippen LogP) is 4.52. The van der Waals surface area contributed by atoms with E-state index in [0.29, 0.717) is 45.5 Å². The third-order valence-electron chi connectivity index (χ3n) is 3.10. The minimum atomic E-state index is -0.132. The molecule has 1 amide bonds. The number of thioether (sulfide) groups is 1. The SMILES string of the molecule is C=CCN1C(=O)/C(=C/c2cc(Cl)c(OCC)c(OCC)c2)SC1=S. The average Bonchev–Trinajstić information content (AvgIpc) is 2.79. The van der Waals surface area contributed by atoms with Gasteiger partial charge in [-0.25, -0.2) is 0 Å². The Hall–Kier alpha value is -1.50. The highest BCUT2D eigenvalue weighted by atomic mass is 35.5. The van der Waals surface area contributed by atoms with Crippen molar-refractivity contribution in [3.05, 3.63) is 40.3 Å². The number of benzene rings is 1. The highest BCUT2D eigenvalue weighted by Gasteiger charge is 2.31. The molecule has 1 aromatic rings. The molecule has 4 nitrogen and oxygen atoms in total. The van der Waals surface area contributed by atoms with Crippen LogP contribution in [0.3, 0.4) is 0 Å². The third-order valence-corrected chi connectivity index (χ3v) is 4.76. The molecule has 1 saturated heterocycles. The van der Waals surface area contributed by atoms with Crippen LogP contribution in [0.25, 0.3) is 6.08 Å². The highest BCUT2D eigenvalue weighted by Crippen LogP contribution is 2.39. The topological polar surface area (TPSA) is 38.8 Å². The molecule has 7 heteroatoms. The summed E-state index contributed by atoms with van der Waals surface area (Å²) < 4.78 is 11.7. The number of carbonyl (C=O) groups is 1. The van der Waals surface area contributed by atoms with Gasteiger partial charge in [0.1, 0.15) is 4.32 Å². The molecule has 0 atom stereocenters. The number of rotatable bonds is 7. The van der Waals surface area contributed by atoms with Crippen LogP contribution in [0.5, 0.6) is 11.5 Å². The normalized spacial score (nSPS) is 16.0. The number of hydrogen-bond acceptors (Lipinski definition) is 5. The standard InChI is InChI=1S/C17H18ClNO3S2/c1-4-7-19-16(20)14(24-17(19)23)10-11-8-12(18)15(22-6-3)13(9-11)21-5-2/h4,8-10H,1,5-7H2,2-3H3/b14-10-. The third kappa shape index (κ3) is 4.12. The second-order valence-corrected chi connectivity index (χ2v) is 6.86. The lowest BCUT2D eigenvalue weighted by Crippen LogP contribution is -2.27. The molecule has 24 heavy (non-hydrogen) atoms. The van der Waals surface area contributed by atoms with Gasteiger partial charge in [-0.15, -0.1) is 6.58 Å². The van der Waals surface area contributed by atoms with Crippen LogP contribution in [-0.2, 0) is 4.79 Å². The molecule has 0 saturated carbocycles. The van der Waals surface area contributed by atoms with E-state index >= 15 is 0 Å². The van der Waals surface area contributed by atoms with Gasteiger partial charge < -0.3 is 9.47 Å². The van der Waals surface area contributed by atoms with Gasteiger partial charge in [0.2, 0.25) is 0 Å². The van der Waals surface area contributed by atoms with E-state index in [4.69, 9.17) is 33.3 Å². The van der Waals surface area contributed by atoms with Crippen LogP contribution in [0.1, 0.15) is 19.4 Å². The van der Waals surface area contributed by atoms with Gasteiger partial charge in [-0.3, -0.25) is 9.69 Å². The Morgan fingerprint density at radius 1 is 1.33 bits per heavy atom. The van der Waals surface area contributed by atoms with Gasteiger partial charge in [-0.05, 0) is 37.6 Å². The lowest BCUT2D eigenvalue weighted by Gasteiger charge is -2.13. The summed E-state index contributed by atoms with van der Waals surface area (Å²) in [6.07, 6.45) is 3.40. The maximum Gasteiger partial charge on any atom is 0.266 e. The fourth-order valence-electron chi connectivity index (χ4n) is 2.16. The van der Waals surface area contributed by atoms with Crippen molar-refractivity contribution in [1.82, 2.24) is 4.90 Å². The summed E-state index contributed by atoms with van der Waals surface area (Å²) in [6, 6.07) is 3.55. The number of halogens is 1. The van der Waals surface area contributed by atoms with E-state index in [2.05, 4.69) is 6.58 Å². The predicted molar refractivity (Wildman–Crippen MR) is 104 cm³/mol. The molecule has 0 radical (unpaired) electrons. The van der Waals surface area contributed by atoms with Gasteiger partial charge in [0, 0.05) is 6.54 Å². The minimum Gasteiger partial charge on any atom is -0.490 e. The Bertz CT molecular complexity index is 703. The monoisotopic (exact) mass is 383 g/mol. The largest absolute Gasteiger partial charge is 0.490 e. The highest BCUT2D eigenvalue weighted by molar-refractivity contribution is 8.26. The number of carbonyl (C=O) groups excluding carboxylic acids is 1. The Labute approximate surface area is 156 Å². The smallest absolute Gasteiger partial charge is 0.266 e. The van der Waals surface area contributed by atoms with Gasteiger partial charge in [0.15, 0.2) is 11.5 Å². The van der Waals surface area contributed by atoms with Crippen LogP contribution in [0.15, 0.2) is 29.7 Å². The Balaban J connectivity index is 2.37. The van der Waals surface area contributed by atoms with Gasteiger partial charge in [-0.1, -0.05) is 41.7 Å². The summed E-state index contributed by atoms with van der Waals surface area (Å²) in [6.45, 7) is 8.78.